The molecule has 0 saturated heterocycles. The smallest absolute Gasteiger partial charge is 0.338 e. The lowest BCUT2D eigenvalue weighted by atomic mass is 10.1. The van der Waals surface area contributed by atoms with Crippen molar-refractivity contribution in [1.82, 2.24) is 0 Å². The second kappa shape index (κ2) is 5.29. The van der Waals surface area contributed by atoms with Crippen LogP contribution in [-0.4, -0.2) is 18.6 Å². The van der Waals surface area contributed by atoms with Gasteiger partial charge in [-0.15, -0.1) is 0 Å². The fourth-order valence-corrected chi connectivity index (χ4v) is 2.10. The Balaban J connectivity index is 2.09. The molecule has 1 aliphatic carbocycles. The first-order valence-electron chi connectivity index (χ1n) is 6.48. The van der Waals surface area contributed by atoms with E-state index in [0.29, 0.717) is 23.9 Å². The Labute approximate surface area is 108 Å². The minimum atomic E-state index is -0.302. The molecule has 1 aliphatic rings. The highest BCUT2D eigenvalue weighted by Crippen LogP contribution is 2.37. The number of carbonyl (C=O) groups is 1. The SMILES string of the molecule is CCOC(=O)c1ccc(N)c(NC2CC2CC)c1. The third kappa shape index (κ3) is 2.75. The molecule has 0 heterocycles. The zero-order valence-corrected chi connectivity index (χ0v) is 10.9. The van der Waals surface area contributed by atoms with E-state index >= 15 is 0 Å². The molecule has 98 valence electrons. The number of hydrogen-bond acceptors (Lipinski definition) is 4. The summed E-state index contributed by atoms with van der Waals surface area (Å²) >= 11 is 0. The second-order valence-electron chi connectivity index (χ2n) is 4.68. The van der Waals surface area contributed by atoms with Gasteiger partial charge in [-0.05, 0) is 37.5 Å². The minimum absolute atomic E-state index is 0.302. The van der Waals surface area contributed by atoms with Gasteiger partial charge in [-0.1, -0.05) is 13.3 Å². The summed E-state index contributed by atoms with van der Waals surface area (Å²) in [5.41, 5.74) is 7.96. The summed E-state index contributed by atoms with van der Waals surface area (Å²) in [6, 6.07) is 5.72. The van der Waals surface area contributed by atoms with Crippen LogP contribution in [0.15, 0.2) is 18.2 Å². The first-order valence-corrected chi connectivity index (χ1v) is 6.48. The van der Waals surface area contributed by atoms with Crippen molar-refractivity contribution in [3.63, 3.8) is 0 Å². The van der Waals surface area contributed by atoms with Crippen LogP contribution in [0.25, 0.3) is 0 Å². The largest absolute Gasteiger partial charge is 0.462 e. The molecule has 1 aromatic carbocycles. The van der Waals surface area contributed by atoms with Crippen molar-refractivity contribution in [1.29, 1.82) is 0 Å². The second-order valence-corrected chi connectivity index (χ2v) is 4.68. The molecule has 1 saturated carbocycles. The lowest BCUT2D eigenvalue weighted by molar-refractivity contribution is 0.0526. The molecule has 0 amide bonds. The summed E-state index contributed by atoms with van der Waals surface area (Å²) < 4.78 is 4.98. The van der Waals surface area contributed by atoms with Crippen LogP contribution >= 0.6 is 0 Å². The molecular formula is C14H20N2O2. The summed E-state index contributed by atoms with van der Waals surface area (Å²) in [4.78, 5) is 11.6. The molecule has 0 aromatic heterocycles. The number of benzene rings is 1. The highest BCUT2D eigenvalue weighted by atomic mass is 16.5. The van der Waals surface area contributed by atoms with Gasteiger partial charge in [0, 0.05) is 6.04 Å². The van der Waals surface area contributed by atoms with Gasteiger partial charge in [0.25, 0.3) is 0 Å². The molecule has 0 aliphatic heterocycles. The molecule has 0 spiro atoms. The van der Waals surface area contributed by atoms with Crippen LogP contribution in [0.4, 0.5) is 11.4 Å². The molecular weight excluding hydrogens is 228 g/mol. The predicted octanol–water partition coefficient (Wildman–Crippen LogP) is 2.66. The van der Waals surface area contributed by atoms with Gasteiger partial charge in [0.2, 0.25) is 0 Å². The first kappa shape index (κ1) is 12.7. The highest BCUT2D eigenvalue weighted by Gasteiger charge is 2.35. The molecule has 3 N–H and O–H groups in total. The monoisotopic (exact) mass is 248 g/mol. The summed E-state index contributed by atoms with van der Waals surface area (Å²) in [7, 11) is 0. The Kier molecular flexibility index (Phi) is 3.75. The van der Waals surface area contributed by atoms with Crippen molar-refractivity contribution in [3.8, 4) is 0 Å². The van der Waals surface area contributed by atoms with Crippen LogP contribution < -0.4 is 11.1 Å². The molecule has 1 aromatic rings. The average molecular weight is 248 g/mol. The van der Waals surface area contributed by atoms with Crippen molar-refractivity contribution in [2.45, 2.75) is 32.7 Å². The van der Waals surface area contributed by atoms with Crippen molar-refractivity contribution in [3.05, 3.63) is 23.8 Å². The Hall–Kier alpha value is -1.71. The fraction of sp³-hybridized carbons (Fsp3) is 0.500. The van der Waals surface area contributed by atoms with Crippen molar-refractivity contribution in [2.24, 2.45) is 5.92 Å². The summed E-state index contributed by atoms with van der Waals surface area (Å²) in [6.07, 6.45) is 2.36. The van der Waals surface area contributed by atoms with Crippen molar-refractivity contribution < 1.29 is 9.53 Å². The third-order valence-electron chi connectivity index (χ3n) is 3.35. The van der Waals surface area contributed by atoms with Crippen molar-refractivity contribution >= 4 is 17.3 Å². The number of nitrogen functional groups attached to an aromatic ring is 1. The standard InChI is InChI=1S/C14H20N2O2/c1-3-9-7-12(9)16-13-8-10(5-6-11(13)15)14(17)18-4-2/h5-6,8-9,12,16H,3-4,7,15H2,1-2H3. The lowest BCUT2D eigenvalue weighted by Gasteiger charge is -2.10. The number of esters is 1. The van der Waals surface area contributed by atoms with Gasteiger partial charge in [-0.2, -0.15) is 0 Å². The van der Waals surface area contributed by atoms with Gasteiger partial charge >= 0.3 is 5.97 Å². The Morgan fingerprint density at radius 3 is 2.89 bits per heavy atom. The van der Waals surface area contributed by atoms with Crippen LogP contribution in [0.5, 0.6) is 0 Å². The summed E-state index contributed by atoms with van der Waals surface area (Å²) in [6.45, 7) is 4.36. The molecule has 2 rings (SSSR count). The summed E-state index contributed by atoms with van der Waals surface area (Å²) in [5.74, 6) is 0.430. The number of nitrogens with two attached hydrogens (primary N) is 1. The highest BCUT2D eigenvalue weighted by molar-refractivity contribution is 5.92. The van der Waals surface area contributed by atoms with E-state index in [1.165, 1.54) is 12.8 Å². The molecule has 2 unspecified atom stereocenters. The maximum absolute atomic E-state index is 11.6. The summed E-state index contributed by atoms with van der Waals surface area (Å²) in [5, 5.41) is 3.39. The zero-order chi connectivity index (χ0) is 13.1. The minimum Gasteiger partial charge on any atom is -0.462 e. The van der Waals surface area contributed by atoms with E-state index in [-0.39, 0.29) is 5.97 Å². The number of ether oxygens (including phenoxy) is 1. The molecule has 0 radical (unpaired) electrons. The van der Waals surface area contributed by atoms with Gasteiger partial charge in [0.1, 0.15) is 0 Å². The molecule has 1 fully saturated rings. The van der Waals surface area contributed by atoms with Gasteiger partial charge in [0.05, 0.1) is 23.5 Å². The van der Waals surface area contributed by atoms with E-state index in [9.17, 15) is 4.79 Å². The van der Waals surface area contributed by atoms with E-state index in [4.69, 9.17) is 10.5 Å². The van der Waals surface area contributed by atoms with Crippen molar-refractivity contribution in [2.75, 3.05) is 17.7 Å². The van der Waals surface area contributed by atoms with Gasteiger partial charge in [0.15, 0.2) is 0 Å². The van der Waals surface area contributed by atoms with E-state index in [1.54, 1.807) is 25.1 Å². The van der Waals surface area contributed by atoms with E-state index in [1.807, 2.05) is 0 Å². The molecule has 4 heteroatoms. The number of nitrogens with one attached hydrogen (secondary N) is 1. The Morgan fingerprint density at radius 2 is 2.28 bits per heavy atom. The van der Waals surface area contributed by atoms with Crippen LogP contribution in [0.1, 0.15) is 37.0 Å². The third-order valence-corrected chi connectivity index (χ3v) is 3.35. The number of hydrogen-bond donors (Lipinski definition) is 2. The lowest BCUT2D eigenvalue weighted by Crippen LogP contribution is -2.10. The van der Waals surface area contributed by atoms with E-state index in [0.717, 1.165) is 11.6 Å². The topological polar surface area (TPSA) is 64.3 Å². The molecule has 18 heavy (non-hydrogen) atoms. The number of rotatable bonds is 5. The molecule has 2 atom stereocenters. The normalized spacial score (nSPS) is 21.4. The predicted molar refractivity (Wildman–Crippen MR) is 72.6 cm³/mol. The van der Waals surface area contributed by atoms with E-state index in [2.05, 4.69) is 12.2 Å². The Bertz CT molecular complexity index is 445. The van der Waals surface area contributed by atoms with Crippen LogP contribution in [0.3, 0.4) is 0 Å². The molecule has 4 nitrogen and oxygen atoms in total. The van der Waals surface area contributed by atoms with E-state index < -0.39 is 0 Å². The van der Waals surface area contributed by atoms with Crippen LogP contribution in [-0.2, 0) is 4.74 Å². The first-order chi connectivity index (χ1) is 8.65. The van der Waals surface area contributed by atoms with Gasteiger partial charge < -0.3 is 15.8 Å². The zero-order valence-electron chi connectivity index (χ0n) is 10.9. The fourth-order valence-electron chi connectivity index (χ4n) is 2.10. The van der Waals surface area contributed by atoms with Crippen LogP contribution in [0, 0.1) is 5.92 Å². The quantitative estimate of drug-likeness (QED) is 0.621. The van der Waals surface area contributed by atoms with Gasteiger partial charge in [-0.3, -0.25) is 0 Å². The Morgan fingerprint density at radius 1 is 1.50 bits per heavy atom. The average Bonchev–Trinajstić information content (AvgIpc) is 3.10. The van der Waals surface area contributed by atoms with Gasteiger partial charge in [-0.25, -0.2) is 4.79 Å². The molecule has 0 bridgehead atoms. The van der Waals surface area contributed by atoms with Crippen LogP contribution in [0.2, 0.25) is 0 Å². The number of carbonyl (C=O) groups excluding carboxylic acids is 1. The number of anilines is 2. The maximum atomic E-state index is 11.6. The maximum Gasteiger partial charge on any atom is 0.338 e.